The fourth-order valence-corrected chi connectivity index (χ4v) is 1.41. The summed E-state index contributed by atoms with van der Waals surface area (Å²) in [6.45, 7) is 0. The van der Waals surface area contributed by atoms with Crippen molar-refractivity contribution in [2.75, 3.05) is 5.32 Å². The highest BCUT2D eigenvalue weighted by Gasteiger charge is 2.07. The second kappa shape index (κ2) is 4.79. The van der Waals surface area contributed by atoms with Crippen LogP contribution in [0, 0.1) is 5.95 Å². The zero-order chi connectivity index (χ0) is 13.1. The lowest BCUT2D eigenvalue weighted by atomic mass is 10.2. The summed E-state index contributed by atoms with van der Waals surface area (Å²) in [6, 6.07) is 5.26. The molecule has 0 radical (unpaired) electrons. The predicted molar refractivity (Wildman–Crippen MR) is 63.8 cm³/mol. The molecule has 2 rings (SSSR count). The van der Waals surface area contributed by atoms with Gasteiger partial charge in [-0.3, -0.25) is 9.59 Å². The molecular formula is C12H10FN3O2. The van der Waals surface area contributed by atoms with Crippen LogP contribution in [0.25, 0.3) is 0 Å². The minimum absolute atomic E-state index is 0.163. The number of carbonyl (C=O) groups excluding carboxylic acids is 1. The Morgan fingerprint density at radius 1 is 1.39 bits per heavy atom. The molecule has 0 fully saturated rings. The highest BCUT2D eigenvalue weighted by molar-refractivity contribution is 6.04. The van der Waals surface area contributed by atoms with Gasteiger partial charge in [0.25, 0.3) is 5.91 Å². The summed E-state index contributed by atoms with van der Waals surface area (Å²) < 4.78 is 14.2. The SMILES string of the molecule is Cn1cc(NC(=O)c2ccnc(F)c2)ccc1=O. The topological polar surface area (TPSA) is 64.0 Å². The highest BCUT2D eigenvalue weighted by atomic mass is 19.1. The van der Waals surface area contributed by atoms with Gasteiger partial charge >= 0.3 is 0 Å². The lowest BCUT2D eigenvalue weighted by Gasteiger charge is -2.06. The zero-order valence-corrected chi connectivity index (χ0v) is 9.55. The largest absolute Gasteiger partial charge is 0.321 e. The Labute approximate surface area is 102 Å². The number of carbonyl (C=O) groups is 1. The van der Waals surface area contributed by atoms with Crippen molar-refractivity contribution in [3.05, 3.63) is 58.5 Å². The quantitative estimate of drug-likeness (QED) is 0.810. The first-order chi connectivity index (χ1) is 8.56. The van der Waals surface area contributed by atoms with Crippen LogP contribution < -0.4 is 10.9 Å². The van der Waals surface area contributed by atoms with E-state index in [0.717, 1.165) is 6.07 Å². The molecule has 2 aromatic heterocycles. The van der Waals surface area contributed by atoms with E-state index in [2.05, 4.69) is 10.3 Å². The molecule has 0 atom stereocenters. The number of halogens is 1. The first kappa shape index (κ1) is 12.0. The number of aromatic nitrogens is 2. The molecule has 0 saturated carbocycles. The molecule has 18 heavy (non-hydrogen) atoms. The molecule has 1 N–H and O–H groups in total. The number of rotatable bonds is 2. The molecule has 2 aromatic rings. The van der Waals surface area contributed by atoms with E-state index in [0.29, 0.717) is 5.69 Å². The van der Waals surface area contributed by atoms with Crippen molar-refractivity contribution < 1.29 is 9.18 Å². The molecule has 2 heterocycles. The monoisotopic (exact) mass is 247 g/mol. The molecule has 92 valence electrons. The molecule has 0 unspecified atom stereocenters. The molecule has 0 aliphatic heterocycles. The standard InChI is InChI=1S/C12H10FN3O2/c1-16-7-9(2-3-11(16)17)15-12(18)8-4-5-14-10(13)6-8/h2-7H,1H3,(H,15,18). The van der Waals surface area contributed by atoms with Gasteiger partial charge < -0.3 is 9.88 Å². The smallest absolute Gasteiger partial charge is 0.255 e. The molecule has 0 aromatic carbocycles. The maximum atomic E-state index is 12.8. The maximum absolute atomic E-state index is 12.8. The Bertz CT molecular complexity index is 652. The number of hydrogen-bond acceptors (Lipinski definition) is 3. The van der Waals surface area contributed by atoms with Gasteiger partial charge in [-0.1, -0.05) is 0 Å². The van der Waals surface area contributed by atoms with E-state index in [1.807, 2.05) is 0 Å². The number of amides is 1. The Balaban J connectivity index is 2.21. The summed E-state index contributed by atoms with van der Waals surface area (Å²) in [5.41, 5.74) is 0.443. The Kier molecular flexibility index (Phi) is 3.18. The number of nitrogens with zero attached hydrogens (tertiary/aromatic N) is 2. The number of pyridine rings is 2. The van der Waals surface area contributed by atoms with E-state index in [1.54, 1.807) is 7.05 Å². The van der Waals surface area contributed by atoms with Crippen molar-refractivity contribution in [3.63, 3.8) is 0 Å². The van der Waals surface area contributed by atoms with Gasteiger partial charge in [-0.25, -0.2) is 4.98 Å². The van der Waals surface area contributed by atoms with Crippen molar-refractivity contribution in [1.29, 1.82) is 0 Å². The van der Waals surface area contributed by atoms with Crippen LogP contribution in [-0.2, 0) is 7.05 Å². The molecule has 5 nitrogen and oxygen atoms in total. The summed E-state index contributed by atoms with van der Waals surface area (Å²) in [7, 11) is 1.57. The third-order valence-electron chi connectivity index (χ3n) is 2.33. The fourth-order valence-electron chi connectivity index (χ4n) is 1.41. The third-order valence-corrected chi connectivity index (χ3v) is 2.33. The Hall–Kier alpha value is -2.50. The summed E-state index contributed by atoms with van der Waals surface area (Å²) in [5.74, 6) is -1.18. The molecule has 0 aliphatic rings. The van der Waals surface area contributed by atoms with Gasteiger partial charge in [0.05, 0.1) is 5.69 Å². The minimum Gasteiger partial charge on any atom is -0.321 e. The van der Waals surface area contributed by atoms with Gasteiger partial charge in [-0.2, -0.15) is 4.39 Å². The van der Waals surface area contributed by atoms with Gasteiger partial charge in [-0.15, -0.1) is 0 Å². The van der Waals surface area contributed by atoms with Crippen molar-refractivity contribution >= 4 is 11.6 Å². The van der Waals surface area contributed by atoms with Crippen LogP contribution in [0.4, 0.5) is 10.1 Å². The first-order valence-electron chi connectivity index (χ1n) is 5.16. The lowest BCUT2D eigenvalue weighted by Crippen LogP contribution is -2.18. The van der Waals surface area contributed by atoms with Gasteiger partial charge in [0.15, 0.2) is 0 Å². The molecule has 0 saturated heterocycles. The normalized spacial score (nSPS) is 10.1. The highest BCUT2D eigenvalue weighted by Crippen LogP contribution is 2.07. The third kappa shape index (κ3) is 2.60. The molecule has 0 aliphatic carbocycles. The molecule has 6 heteroatoms. The molecular weight excluding hydrogens is 237 g/mol. The first-order valence-corrected chi connectivity index (χ1v) is 5.16. The molecule has 0 spiro atoms. The summed E-state index contributed by atoms with van der Waals surface area (Å²) in [6.07, 6.45) is 2.70. The van der Waals surface area contributed by atoms with Crippen LogP contribution in [0.5, 0.6) is 0 Å². The van der Waals surface area contributed by atoms with E-state index in [9.17, 15) is 14.0 Å². The van der Waals surface area contributed by atoms with Crippen molar-refractivity contribution in [1.82, 2.24) is 9.55 Å². The molecule has 0 bridgehead atoms. The Morgan fingerprint density at radius 3 is 2.83 bits per heavy atom. The summed E-state index contributed by atoms with van der Waals surface area (Å²) in [5, 5.41) is 2.56. The predicted octanol–water partition coefficient (Wildman–Crippen LogP) is 1.17. The number of hydrogen-bond donors (Lipinski definition) is 1. The van der Waals surface area contributed by atoms with Crippen LogP contribution >= 0.6 is 0 Å². The van der Waals surface area contributed by atoms with Crippen LogP contribution in [0.2, 0.25) is 0 Å². The van der Waals surface area contributed by atoms with E-state index < -0.39 is 11.9 Å². The second-order valence-electron chi connectivity index (χ2n) is 3.69. The second-order valence-corrected chi connectivity index (χ2v) is 3.69. The lowest BCUT2D eigenvalue weighted by molar-refractivity contribution is 0.102. The van der Waals surface area contributed by atoms with Gasteiger partial charge in [0, 0.05) is 37.1 Å². The van der Waals surface area contributed by atoms with Crippen LogP contribution in [-0.4, -0.2) is 15.5 Å². The number of anilines is 1. The average Bonchev–Trinajstić information content (AvgIpc) is 2.34. The van der Waals surface area contributed by atoms with Gasteiger partial charge in [-0.05, 0) is 12.1 Å². The molecule has 1 amide bonds. The van der Waals surface area contributed by atoms with Crippen molar-refractivity contribution in [2.24, 2.45) is 7.05 Å². The van der Waals surface area contributed by atoms with Gasteiger partial charge in [0.2, 0.25) is 11.5 Å². The van der Waals surface area contributed by atoms with E-state index >= 15 is 0 Å². The average molecular weight is 247 g/mol. The number of nitrogens with one attached hydrogen (secondary N) is 1. The van der Waals surface area contributed by atoms with Crippen LogP contribution in [0.3, 0.4) is 0 Å². The summed E-state index contributed by atoms with van der Waals surface area (Å²) >= 11 is 0. The minimum atomic E-state index is -0.719. The van der Waals surface area contributed by atoms with E-state index in [-0.39, 0.29) is 11.1 Å². The van der Waals surface area contributed by atoms with Crippen LogP contribution in [0.1, 0.15) is 10.4 Å². The van der Waals surface area contributed by atoms with Crippen molar-refractivity contribution in [3.8, 4) is 0 Å². The summed E-state index contributed by atoms with van der Waals surface area (Å²) in [4.78, 5) is 26.3. The fraction of sp³-hybridized carbons (Fsp3) is 0.0833. The maximum Gasteiger partial charge on any atom is 0.255 e. The van der Waals surface area contributed by atoms with Gasteiger partial charge in [0.1, 0.15) is 0 Å². The Morgan fingerprint density at radius 2 is 2.17 bits per heavy atom. The number of aryl methyl sites for hydroxylation is 1. The van der Waals surface area contributed by atoms with E-state index in [4.69, 9.17) is 0 Å². The van der Waals surface area contributed by atoms with E-state index in [1.165, 1.54) is 35.2 Å². The zero-order valence-electron chi connectivity index (χ0n) is 9.55. The van der Waals surface area contributed by atoms with Crippen molar-refractivity contribution in [2.45, 2.75) is 0 Å². The van der Waals surface area contributed by atoms with Crippen LogP contribution in [0.15, 0.2) is 41.5 Å².